The van der Waals surface area contributed by atoms with E-state index in [-0.39, 0.29) is 11.7 Å². The highest BCUT2D eigenvalue weighted by molar-refractivity contribution is 5.95. The fourth-order valence-corrected chi connectivity index (χ4v) is 3.09. The maximum atomic E-state index is 13.8. The van der Waals surface area contributed by atoms with Crippen LogP contribution in [-0.4, -0.2) is 20.1 Å². The fourth-order valence-electron chi connectivity index (χ4n) is 3.09. The fraction of sp³-hybridized carbons (Fsp3) is 0.174. The van der Waals surface area contributed by atoms with E-state index in [0.29, 0.717) is 34.6 Å². The molecule has 6 heteroatoms. The summed E-state index contributed by atoms with van der Waals surface area (Å²) in [6.45, 7) is 0. The van der Waals surface area contributed by atoms with E-state index in [2.05, 4.69) is 5.32 Å². The number of ether oxygens (including phenoxy) is 2. The third-order valence-corrected chi connectivity index (χ3v) is 4.53. The van der Waals surface area contributed by atoms with Gasteiger partial charge in [0.2, 0.25) is 0 Å². The van der Waals surface area contributed by atoms with E-state index in [1.165, 1.54) is 38.5 Å². The van der Waals surface area contributed by atoms with E-state index in [4.69, 9.17) is 9.47 Å². The molecule has 3 rings (SSSR count). The predicted molar refractivity (Wildman–Crippen MR) is 106 cm³/mol. The molecule has 0 fully saturated rings. The van der Waals surface area contributed by atoms with Crippen molar-refractivity contribution >= 4 is 5.91 Å². The topological polar surface area (TPSA) is 47.6 Å². The van der Waals surface area contributed by atoms with E-state index >= 15 is 0 Å². The first kappa shape index (κ1) is 20.3. The average Bonchev–Trinajstić information content (AvgIpc) is 2.72. The number of carbonyl (C=O) groups excluding carboxylic acids is 1. The maximum absolute atomic E-state index is 13.8. The van der Waals surface area contributed by atoms with Gasteiger partial charge in [-0.05, 0) is 60.0 Å². The number of nitrogens with one attached hydrogen (secondary N) is 1. The number of halogens is 2. The van der Waals surface area contributed by atoms with Gasteiger partial charge in [0.15, 0.2) is 11.5 Å². The zero-order valence-electron chi connectivity index (χ0n) is 16.1. The van der Waals surface area contributed by atoms with Crippen LogP contribution in [0.4, 0.5) is 8.78 Å². The first-order valence-electron chi connectivity index (χ1n) is 9.03. The Hall–Kier alpha value is -3.41. The number of rotatable bonds is 7. The maximum Gasteiger partial charge on any atom is 0.251 e. The van der Waals surface area contributed by atoms with E-state index in [1.807, 2.05) is 0 Å². The number of methoxy groups -OCH3 is 2. The zero-order chi connectivity index (χ0) is 20.8. The van der Waals surface area contributed by atoms with Crippen molar-refractivity contribution in [1.82, 2.24) is 5.32 Å². The quantitative estimate of drug-likeness (QED) is 0.629. The number of hydrogen-bond acceptors (Lipinski definition) is 3. The molecule has 150 valence electrons. The molecule has 1 amide bonds. The number of amides is 1. The second-order valence-corrected chi connectivity index (χ2v) is 6.48. The molecule has 0 heterocycles. The second-order valence-electron chi connectivity index (χ2n) is 6.48. The minimum absolute atomic E-state index is 0.306. The van der Waals surface area contributed by atoms with Gasteiger partial charge in [-0.1, -0.05) is 24.3 Å². The molecular weight excluding hydrogens is 376 g/mol. The summed E-state index contributed by atoms with van der Waals surface area (Å²) >= 11 is 0. The van der Waals surface area contributed by atoms with Crippen molar-refractivity contribution < 1.29 is 23.0 Å². The van der Waals surface area contributed by atoms with Gasteiger partial charge in [0.05, 0.1) is 20.3 Å². The first-order chi connectivity index (χ1) is 14.0. The molecule has 29 heavy (non-hydrogen) atoms. The molecule has 1 unspecified atom stereocenters. The summed E-state index contributed by atoms with van der Waals surface area (Å²) in [6, 6.07) is 16.4. The SMILES string of the molecule is COc1ccc(C(=O)NC(Cc2cccc(F)c2)c2cccc(F)c2)cc1OC. The molecule has 0 aromatic heterocycles. The predicted octanol–water partition coefficient (Wildman–Crippen LogP) is 4.70. The monoisotopic (exact) mass is 397 g/mol. The Morgan fingerprint density at radius 3 is 2.24 bits per heavy atom. The lowest BCUT2D eigenvalue weighted by molar-refractivity contribution is 0.0936. The number of hydrogen-bond donors (Lipinski definition) is 1. The largest absolute Gasteiger partial charge is 0.493 e. The normalized spacial score (nSPS) is 11.6. The lowest BCUT2D eigenvalue weighted by Crippen LogP contribution is -2.30. The number of benzene rings is 3. The van der Waals surface area contributed by atoms with Crippen LogP contribution in [-0.2, 0) is 6.42 Å². The third kappa shape index (κ3) is 5.10. The molecular formula is C23H21F2NO3. The molecule has 0 bridgehead atoms. The Morgan fingerprint density at radius 1 is 0.897 bits per heavy atom. The van der Waals surface area contributed by atoms with Gasteiger partial charge in [0.1, 0.15) is 11.6 Å². The van der Waals surface area contributed by atoms with Gasteiger partial charge in [-0.15, -0.1) is 0 Å². The van der Waals surface area contributed by atoms with Gasteiger partial charge in [-0.25, -0.2) is 8.78 Å². The summed E-state index contributed by atoms with van der Waals surface area (Å²) in [5.41, 5.74) is 1.64. The van der Waals surface area contributed by atoms with Gasteiger partial charge in [-0.2, -0.15) is 0 Å². The van der Waals surface area contributed by atoms with E-state index in [1.54, 1.807) is 42.5 Å². The molecule has 0 saturated carbocycles. The van der Waals surface area contributed by atoms with Crippen LogP contribution in [0.2, 0.25) is 0 Å². The van der Waals surface area contributed by atoms with Crippen molar-refractivity contribution in [3.63, 3.8) is 0 Å². The molecule has 0 aliphatic heterocycles. The third-order valence-electron chi connectivity index (χ3n) is 4.53. The summed E-state index contributed by atoms with van der Waals surface area (Å²) in [6.07, 6.45) is 0.306. The van der Waals surface area contributed by atoms with Crippen LogP contribution < -0.4 is 14.8 Å². The molecule has 0 spiro atoms. The van der Waals surface area contributed by atoms with Crippen LogP contribution in [0.5, 0.6) is 11.5 Å². The highest BCUT2D eigenvalue weighted by atomic mass is 19.1. The van der Waals surface area contributed by atoms with E-state index < -0.39 is 11.9 Å². The van der Waals surface area contributed by atoms with E-state index in [9.17, 15) is 13.6 Å². The van der Waals surface area contributed by atoms with Crippen LogP contribution in [0.25, 0.3) is 0 Å². The molecule has 0 saturated heterocycles. The molecule has 0 aliphatic carbocycles. The Bertz CT molecular complexity index is 1010. The van der Waals surface area contributed by atoms with Crippen molar-refractivity contribution in [2.45, 2.75) is 12.5 Å². The molecule has 4 nitrogen and oxygen atoms in total. The van der Waals surface area contributed by atoms with Crippen molar-refractivity contribution in [1.29, 1.82) is 0 Å². The van der Waals surface area contributed by atoms with Crippen molar-refractivity contribution in [2.75, 3.05) is 14.2 Å². The minimum atomic E-state index is -0.548. The lowest BCUT2D eigenvalue weighted by Gasteiger charge is -2.20. The zero-order valence-corrected chi connectivity index (χ0v) is 16.1. The Kier molecular flexibility index (Phi) is 6.44. The summed E-state index contributed by atoms with van der Waals surface area (Å²) in [7, 11) is 3.00. The average molecular weight is 397 g/mol. The smallest absolute Gasteiger partial charge is 0.251 e. The van der Waals surface area contributed by atoms with Crippen molar-refractivity contribution in [3.05, 3.63) is 95.1 Å². The van der Waals surface area contributed by atoms with Crippen molar-refractivity contribution in [3.8, 4) is 11.5 Å². The van der Waals surface area contributed by atoms with Crippen LogP contribution in [0.15, 0.2) is 66.7 Å². The molecule has 3 aromatic carbocycles. The van der Waals surface area contributed by atoms with Crippen LogP contribution in [0.1, 0.15) is 27.5 Å². The first-order valence-corrected chi connectivity index (χ1v) is 9.03. The molecule has 1 N–H and O–H groups in total. The Morgan fingerprint density at radius 2 is 1.59 bits per heavy atom. The molecule has 0 aliphatic rings. The van der Waals surface area contributed by atoms with Gasteiger partial charge < -0.3 is 14.8 Å². The summed E-state index contributed by atoms with van der Waals surface area (Å²) in [4.78, 5) is 12.9. The van der Waals surface area contributed by atoms with Gasteiger partial charge >= 0.3 is 0 Å². The highest BCUT2D eigenvalue weighted by Gasteiger charge is 2.19. The van der Waals surface area contributed by atoms with E-state index in [0.717, 1.165) is 0 Å². The second kappa shape index (κ2) is 9.19. The Labute approximate surface area is 168 Å². The molecule has 0 radical (unpaired) electrons. The summed E-state index contributed by atoms with van der Waals surface area (Å²) in [5, 5.41) is 2.91. The molecule has 1 atom stereocenters. The van der Waals surface area contributed by atoms with Gasteiger partial charge in [-0.3, -0.25) is 4.79 Å². The van der Waals surface area contributed by atoms with Gasteiger partial charge in [0.25, 0.3) is 5.91 Å². The molecule has 3 aromatic rings. The van der Waals surface area contributed by atoms with Crippen LogP contribution >= 0.6 is 0 Å². The Balaban J connectivity index is 1.89. The lowest BCUT2D eigenvalue weighted by atomic mass is 9.98. The highest BCUT2D eigenvalue weighted by Crippen LogP contribution is 2.28. The van der Waals surface area contributed by atoms with Gasteiger partial charge in [0, 0.05) is 5.56 Å². The van der Waals surface area contributed by atoms with Crippen LogP contribution in [0.3, 0.4) is 0 Å². The standard InChI is InChI=1S/C23H21F2NO3/c1-28-21-10-9-17(14-22(21)29-2)23(27)26-20(16-6-4-8-19(25)13-16)12-15-5-3-7-18(24)11-15/h3-11,13-14,20H,12H2,1-2H3,(H,26,27). The number of carbonyl (C=O) groups is 1. The van der Waals surface area contributed by atoms with Crippen molar-refractivity contribution in [2.24, 2.45) is 0 Å². The minimum Gasteiger partial charge on any atom is -0.493 e. The van der Waals surface area contributed by atoms with Crippen LogP contribution in [0, 0.1) is 11.6 Å². The summed E-state index contributed by atoms with van der Waals surface area (Å²) in [5.74, 6) is -0.214. The summed E-state index contributed by atoms with van der Waals surface area (Å²) < 4.78 is 37.8.